The van der Waals surface area contributed by atoms with Crippen LogP contribution in [0.1, 0.15) is 26.3 Å². The molecule has 1 aromatic carbocycles. The molecule has 0 aliphatic rings. The first kappa shape index (κ1) is 22.7. The minimum atomic E-state index is 0.630. The van der Waals surface area contributed by atoms with Gasteiger partial charge in [0.15, 0.2) is 0 Å². The summed E-state index contributed by atoms with van der Waals surface area (Å²) in [5.41, 5.74) is 1.18. The van der Waals surface area contributed by atoms with Crippen molar-refractivity contribution in [2.45, 2.75) is 27.4 Å². The summed E-state index contributed by atoms with van der Waals surface area (Å²) >= 11 is 4.01. The van der Waals surface area contributed by atoms with Crippen LogP contribution in [-0.4, -0.2) is 5.75 Å². The molecule has 1 rings (SSSR count). The first-order valence-electron chi connectivity index (χ1n) is 6.33. The second kappa shape index (κ2) is 25.4. The van der Waals surface area contributed by atoms with Gasteiger partial charge in [-0.15, -0.1) is 19.7 Å². The lowest BCUT2D eigenvalue weighted by molar-refractivity contribution is 0.236. The molecule has 108 valence electrons. The number of hydrogen-bond donors (Lipinski definition) is 1. The second-order valence-corrected chi connectivity index (χ2v) is 3.12. The molecule has 0 aliphatic heterocycles. The zero-order valence-electron chi connectivity index (χ0n) is 12.5. The topological polar surface area (TPSA) is 9.23 Å². The van der Waals surface area contributed by atoms with Crippen molar-refractivity contribution in [3.63, 3.8) is 0 Å². The molecule has 0 atom stereocenters. The van der Waals surface area contributed by atoms with Crippen LogP contribution in [0.25, 0.3) is 0 Å². The molecule has 0 radical (unpaired) electrons. The lowest BCUT2D eigenvalue weighted by atomic mass is 10.2. The van der Waals surface area contributed by atoms with Crippen LogP contribution in [0.4, 0.5) is 0 Å². The standard InChI is InChI=1S/C10H12OS.C3H6.C2H6.C2H4/c12-8-4-7-11-9-10-5-2-1-3-6-10;1-3-2;2*1-2/h1-7,12H,8-9H2;3H,1H2,2H3;1-2H3;1-2H2/b7-4-;;;. The molecule has 0 spiro atoms. The highest BCUT2D eigenvalue weighted by Crippen LogP contribution is 2.00. The number of rotatable bonds is 4. The second-order valence-electron chi connectivity index (χ2n) is 2.76. The third-order valence-electron chi connectivity index (χ3n) is 1.39. The Morgan fingerprint density at radius 1 is 1.16 bits per heavy atom. The summed E-state index contributed by atoms with van der Waals surface area (Å²) in [6, 6.07) is 10.1. The monoisotopic (exact) mass is 280 g/mol. The lowest BCUT2D eigenvalue weighted by Crippen LogP contribution is -1.84. The summed E-state index contributed by atoms with van der Waals surface area (Å²) < 4.78 is 5.23. The van der Waals surface area contributed by atoms with E-state index in [9.17, 15) is 0 Å². The van der Waals surface area contributed by atoms with E-state index in [0.29, 0.717) is 6.61 Å². The maximum atomic E-state index is 5.23. The molecule has 0 heterocycles. The smallest absolute Gasteiger partial charge is 0.112 e. The van der Waals surface area contributed by atoms with Gasteiger partial charge in [0.1, 0.15) is 6.61 Å². The number of hydrogen-bond acceptors (Lipinski definition) is 2. The Hall–Kier alpha value is -1.41. The Kier molecular flexibility index (Phi) is 30.4. The Bertz CT molecular complexity index is 281. The molecule has 19 heavy (non-hydrogen) atoms. The van der Waals surface area contributed by atoms with Crippen molar-refractivity contribution >= 4 is 12.6 Å². The zero-order valence-corrected chi connectivity index (χ0v) is 13.4. The van der Waals surface area contributed by atoms with Crippen LogP contribution in [0, 0.1) is 0 Å². The van der Waals surface area contributed by atoms with Gasteiger partial charge in [0.25, 0.3) is 0 Å². The number of ether oxygens (including phenoxy) is 1. The van der Waals surface area contributed by atoms with Crippen molar-refractivity contribution in [3.8, 4) is 0 Å². The van der Waals surface area contributed by atoms with Crippen molar-refractivity contribution in [1.29, 1.82) is 0 Å². The number of benzene rings is 1. The fourth-order valence-electron chi connectivity index (χ4n) is 0.830. The van der Waals surface area contributed by atoms with E-state index in [2.05, 4.69) is 32.4 Å². The normalized spacial score (nSPS) is 7.79. The van der Waals surface area contributed by atoms with E-state index in [-0.39, 0.29) is 0 Å². The third kappa shape index (κ3) is 22.3. The molecular weight excluding hydrogens is 252 g/mol. The summed E-state index contributed by atoms with van der Waals surface area (Å²) in [5, 5.41) is 0. The summed E-state index contributed by atoms with van der Waals surface area (Å²) in [5.74, 6) is 0.717. The van der Waals surface area contributed by atoms with E-state index in [1.165, 1.54) is 5.56 Å². The highest BCUT2D eigenvalue weighted by molar-refractivity contribution is 7.80. The number of allylic oxidation sites excluding steroid dienone is 1. The Labute approximate surface area is 125 Å². The maximum Gasteiger partial charge on any atom is 0.112 e. The van der Waals surface area contributed by atoms with Crippen LogP contribution in [0.2, 0.25) is 0 Å². The average Bonchev–Trinajstić information content (AvgIpc) is 2.50. The van der Waals surface area contributed by atoms with Gasteiger partial charge in [-0.05, 0) is 18.6 Å². The SMILES string of the molecule is C=C.C=CC.CC.SC/C=C\OCc1ccccc1. The zero-order chi connectivity index (χ0) is 15.4. The quantitative estimate of drug-likeness (QED) is 0.425. The van der Waals surface area contributed by atoms with Crippen molar-refractivity contribution < 1.29 is 4.74 Å². The van der Waals surface area contributed by atoms with Crippen LogP contribution in [-0.2, 0) is 11.3 Å². The van der Waals surface area contributed by atoms with Crippen molar-refractivity contribution in [2.24, 2.45) is 0 Å². The molecule has 2 heteroatoms. The van der Waals surface area contributed by atoms with Gasteiger partial charge in [-0.3, -0.25) is 0 Å². The fraction of sp³-hybridized carbons (Fsp3) is 0.294. The van der Waals surface area contributed by atoms with Gasteiger partial charge in [0.05, 0.1) is 6.26 Å². The van der Waals surface area contributed by atoms with Crippen LogP contribution in [0.15, 0.2) is 68.5 Å². The Balaban J connectivity index is -0.000000313. The molecule has 0 bridgehead atoms. The van der Waals surface area contributed by atoms with E-state index in [1.807, 2.05) is 57.2 Å². The molecular formula is C17H28OS. The Morgan fingerprint density at radius 3 is 2.05 bits per heavy atom. The minimum absolute atomic E-state index is 0.630. The fourth-order valence-corrected chi connectivity index (χ4v) is 0.916. The first-order valence-corrected chi connectivity index (χ1v) is 6.96. The molecule has 0 amide bonds. The maximum absolute atomic E-state index is 5.23. The highest BCUT2D eigenvalue weighted by Gasteiger charge is 1.86. The van der Waals surface area contributed by atoms with Gasteiger partial charge in [0.2, 0.25) is 0 Å². The van der Waals surface area contributed by atoms with Crippen molar-refractivity contribution in [3.05, 3.63) is 74.0 Å². The van der Waals surface area contributed by atoms with Crippen LogP contribution < -0.4 is 0 Å². The van der Waals surface area contributed by atoms with Crippen LogP contribution in [0.3, 0.4) is 0 Å². The van der Waals surface area contributed by atoms with E-state index in [1.54, 1.807) is 12.3 Å². The molecule has 0 unspecified atom stereocenters. The van der Waals surface area contributed by atoms with E-state index < -0.39 is 0 Å². The first-order chi connectivity index (χ1) is 9.35. The summed E-state index contributed by atoms with van der Waals surface area (Å²) in [6.07, 6.45) is 5.30. The summed E-state index contributed by atoms with van der Waals surface area (Å²) in [7, 11) is 0. The van der Waals surface area contributed by atoms with Gasteiger partial charge in [-0.25, -0.2) is 0 Å². The molecule has 1 nitrogen and oxygen atoms in total. The summed E-state index contributed by atoms with van der Waals surface area (Å²) in [6.45, 7) is 15.9. The van der Waals surface area contributed by atoms with Gasteiger partial charge >= 0.3 is 0 Å². The Morgan fingerprint density at radius 2 is 1.63 bits per heavy atom. The predicted octanol–water partition coefficient (Wildman–Crippen LogP) is 5.67. The largest absolute Gasteiger partial charge is 0.497 e. The van der Waals surface area contributed by atoms with Crippen molar-refractivity contribution in [2.75, 3.05) is 5.75 Å². The van der Waals surface area contributed by atoms with Gasteiger partial charge in [-0.2, -0.15) is 12.6 Å². The van der Waals surface area contributed by atoms with Crippen LogP contribution in [0.5, 0.6) is 0 Å². The molecule has 0 N–H and O–H groups in total. The van der Waals surface area contributed by atoms with E-state index >= 15 is 0 Å². The number of thiol groups is 1. The highest BCUT2D eigenvalue weighted by atomic mass is 32.1. The minimum Gasteiger partial charge on any atom is -0.497 e. The molecule has 0 aromatic heterocycles. The van der Waals surface area contributed by atoms with Gasteiger partial charge in [0, 0.05) is 5.75 Å². The van der Waals surface area contributed by atoms with Gasteiger partial charge in [-0.1, -0.05) is 50.3 Å². The molecule has 0 saturated carbocycles. The van der Waals surface area contributed by atoms with Gasteiger partial charge < -0.3 is 4.74 Å². The third-order valence-corrected chi connectivity index (χ3v) is 1.60. The summed E-state index contributed by atoms with van der Waals surface area (Å²) in [4.78, 5) is 0. The van der Waals surface area contributed by atoms with E-state index in [4.69, 9.17) is 4.74 Å². The van der Waals surface area contributed by atoms with Crippen LogP contribution >= 0.6 is 12.6 Å². The molecule has 0 fully saturated rings. The predicted molar refractivity (Wildman–Crippen MR) is 92.7 cm³/mol. The van der Waals surface area contributed by atoms with Crippen molar-refractivity contribution in [1.82, 2.24) is 0 Å². The van der Waals surface area contributed by atoms with E-state index in [0.717, 1.165) is 5.75 Å². The molecule has 0 aliphatic carbocycles. The lowest BCUT2D eigenvalue weighted by Gasteiger charge is -1.99. The average molecular weight is 280 g/mol. The molecule has 1 aromatic rings. The molecule has 0 saturated heterocycles.